The molecule has 1 aromatic rings. The third kappa shape index (κ3) is 2.50. The quantitative estimate of drug-likeness (QED) is 0.823. The molecule has 0 aromatic carbocycles. The summed E-state index contributed by atoms with van der Waals surface area (Å²) < 4.78 is 5.38. The number of ether oxygens (including phenoxy) is 1. The molecule has 5 nitrogen and oxygen atoms in total. The van der Waals surface area contributed by atoms with Gasteiger partial charge in [-0.25, -0.2) is 0 Å². The van der Waals surface area contributed by atoms with E-state index in [1.807, 2.05) is 0 Å². The number of aromatic nitrogens is 2. The summed E-state index contributed by atoms with van der Waals surface area (Å²) in [7, 11) is 1.68. The second-order valence-electron chi connectivity index (χ2n) is 3.72. The molecule has 1 aliphatic heterocycles. The average molecular weight is 262 g/mol. The van der Waals surface area contributed by atoms with Crippen molar-refractivity contribution in [3.05, 3.63) is 9.47 Å². The summed E-state index contributed by atoms with van der Waals surface area (Å²) in [6.45, 7) is 2.18. The fraction of sp³-hybridized carbons (Fsp3) is 0.667. The largest absolute Gasteiger partial charge is 0.384 e. The molecule has 88 valence electrons. The fourth-order valence-electron chi connectivity index (χ4n) is 1.82. The summed E-state index contributed by atoms with van der Waals surface area (Å²) >= 11 is 6.76. The van der Waals surface area contributed by atoms with Crippen molar-refractivity contribution >= 4 is 28.8 Å². The highest BCUT2D eigenvalue weighted by Gasteiger charge is 2.28. The zero-order valence-corrected chi connectivity index (χ0v) is 10.4. The van der Waals surface area contributed by atoms with Gasteiger partial charge in [0.05, 0.1) is 6.61 Å². The van der Waals surface area contributed by atoms with Crippen molar-refractivity contribution < 1.29 is 9.53 Å². The van der Waals surface area contributed by atoms with Crippen molar-refractivity contribution in [1.29, 1.82) is 0 Å². The topological polar surface area (TPSA) is 55.3 Å². The van der Waals surface area contributed by atoms with Gasteiger partial charge in [0.15, 0.2) is 0 Å². The molecule has 0 N–H and O–H groups in total. The molecular formula is C9H12ClN3O2S. The van der Waals surface area contributed by atoms with Crippen molar-refractivity contribution in [3.8, 4) is 0 Å². The van der Waals surface area contributed by atoms with Crippen LogP contribution in [0.25, 0.3) is 0 Å². The molecule has 0 saturated carbocycles. The molecule has 1 fully saturated rings. The lowest BCUT2D eigenvalue weighted by Crippen LogP contribution is -2.29. The second-order valence-corrected chi connectivity index (χ2v) is 5.28. The normalized spacial score (nSPS) is 20.4. The van der Waals surface area contributed by atoms with Crippen LogP contribution in [0.5, 0.6) is 0 Å². The maximum Gasteiger partial charge on any atom is 0.284 e. The first-order valence-corrected chi connectivity index (χ1v) is 6.17. The smallest absolute Gasteiger partial charge is 0.284 e. The Labute approximate surface area is 102 Å². The monoisotopic (exact) mass is 261 g/mol. The highest BCUT2D eigenvalue weighted by molar-refractivity contribution is 7.17. The lowest BCUT2D eigenvalue weighted by Gasteiger charge is -2.14. The van der Waals surface area contributed by atoms with Crippen molar-refractivity contribution in [2.24, 2.45) is 5.92 Å². The molecule has 1 atom stereocenters. The lowest BCUT2D eigenvalue weighted by atomic mass is 10.1. The summed E-state index contributed by atoms with van der Waals surface area (Å²) in [5.41, 5.74) is 0. The zero-order valence-electron chi connectivity index (χ0n) is 8.85. The van der Waals surface area contributed by atoms with Gasteiger partial charge in [0.25, 0.3) is 5.91 Å². The number of likely N-dealkylation sites (tertiary alicyclic amines) is 1. The van der Waals surface area contributed by atoms with Crippen LogP contribution in [0, 0.1) is 5.92 Å². The maximum atomic E-state index is 11.9. The van der Waals surface area contributed by atoms with Crippen LogP contribution in [-0.2, 0) is 4.74 Å². The number of methoxy groups -OCH3 is 1. The average Bonchev–Trinajstić information content (AvgIpc) is 2.87. The first-order chi connectivity index (χ1) is 7.70. The van der Waals surface area contributed by atoms with Gasteiger partial charge in [0, 0.05) is 26.1 Å². The van der Waals surface area contributed by atoms with E-state index in [-0.39, 0.29) is 5.91 Å². The van der Waals surface area contributed by atoms with Crippen molar-refractivity contribution in [1.82, 2.24) is 15.1 Å². The van der Waals surface area contributed by atoms with Gasteiger partial charge in [-0.15, -0.1) is 10.2 Å². The Kier molecular flexibility index (Phi) is 3.73. The van der Waals surface area contributed by atoms with Gasteiger partial charge in [-0.2, -0.15) is 0 Å². The number of hydrogen-bond acceptors (Lipinski definition) is 5. The molecule has 0 bridgehead atoms. The highest BCUT2D eigenvalue weighted by atomic mass is 35.5. The first kappa shape index (κ1) is 11.8. The van der Waals surface area contributed by atoms with Gasteiger partial charge in [0.1, 0.15) is 0 Å². The van der Waals surface area contributed by atoms with Crippen molar-refractivity contribution in [2.75, 3.05) is 26.8 Å². The molecule has 0 radical (unpaired) electrons. The third-order valence-corrected chi connectivity index (χ3v) is 3.57. The molecule has 1 aliphatic rings. The van der Waals surface area contributed by atoms with E-state index >= 15 is 0 Å². The number of nitrogens with zero attached hydrogens (tertiary/aromatic N) is 3. The summed E-state index contributed by atoms with van der Waals surface area (Å²) in [6, 6.07) is 0. The SMILES string of the molecule is COCC1CCN(C(=O)c2nnc(Cl)s2)C1. The molecule has 0 spiro atoms. The number of rotatable bonds is 3. The lowest BCUT2D eigenvalue weighted by molar-refractivity contribution is 0.0774. The molecule has 1 unspecified atom stereocenters. The molecule has 2 rings (SSSR count). The Hall–Kier alpha value is -0.720. The minimum Gasteiger partial charge on any atom is -0.384 e. The van der Waals surface area contributed by atoms with Crippen molar-refractivity contribution in [3.63, 3.8) is 0 Å². The minimum atomic E-state index is -0.0806. The van der Waals surface area contributed by atoms with Crippen molar-refractivity contribution in [2.45, 2.75) is 6.42 Å². The van der Waals surface area contributed by atoms with Gasteiger partial charge in [0.2, 0.25) is 9.47 Å². The Bertz CT molecular complexity index is 385. The first-order valence-electron chi connectivity index (χ1n) is 4.98. The summed E-state index contributed by atoms with van der Waals surface area (Å²) in [4.78, 5) is 13.7. The predicted molar refractivity (Wildman–Crippen MR) is 60.8 cm³/mol. The van der Waals surface area contributed by atoms with Gasteiger partial charge in [-0.3, -0.25) is 4.79 Å². The number of carbonyl (C=O) groups is 1. The molecule has 2 heterocycles. The van der Waals surface area contributed by atoms with Gasteiger partial charge < -0.3 is 9.64 Å². The Morgan fingerprint density at radius 3 is 3.12 bits per heavy atom. The van der Waals surface area contributed by atoms with Crippen LogP contribution >= 0.6 is 22.9 Å². The Morgan fingerprint density at radius 1 is 1.69 bits per heavy atom. The Morgan fingerprint density at radius 2 is 2.50 bits per heavy atom. The van der Waals surface area contributed by atoms with Crippen LogP contribution in [0.2, 0.25) is 4.47 Å². The van der Waals surface area contributed by atoms with E-state index in [1.54, 1.807) is 12.0 Å². The number of amides is 1. The predicted octanol–water partition coefficient (Wildman–Crippen LogP) is 1.30. The van der Waals surface area contributed by atoms with E-state index in [1.165, 1.54) is 0 Å². The summed E-state index contributed by atoms with van der Waals surface area (Å²) in [5.74, 6) is 0.348. The molecule has 1 saturated heterocycles. The molecule has 16 heavy (non-hydrogen) atoms. The second kappa shape index (κ2) is 5.07. The summed E-state index contributed by atoms with van der Waals surface area (Å²) in [6.07, 6.45) is 0.978. The van der Waals surface area contributed by atoms with Crippen LogP contribution in [-0.4, -0.2) is 47.8 Å². The molecule has 0 aliphatic carbocycles. The van der Waals surface area contributed by atoms with E-state index in [9.17, 15) is 4.79 Å². The molecule has 1 amide bonds. The summed E-state index contributed by atoms with van der Waals surface area (Å²) in [5, 5.41) is 7.74. The van der Waals surface area contributed by atoms with E-state index < -0.39 is 0 Å². The van der Waals surface area contributed by atoms with Gasteiger partial charge in [-0.1, -0.05) is 11.3 Å². The van der Waals surface area contributed by atoms with Crippen LogP contribution in [0.15, 0.2) is 0 Å². The zero-order chi connectivity index (χ0) is 11.5. The van der Waals surface area contributed by atoms with E-state index in [0.717, 1.165) is 30.8 Å². The third-order valence-electron chi connectivity index (χ3n) is 2.56. The molecule has 7 heteroatoms. The fourth-order valence-corrected chi connectivity index (χ4v) is 2.61. The number of hydrogen-bond donors (Lipinski definition) is 0. The van der Waals surface area contributed by atoms with Crippen LogP contribution < -0.4 is 0 Å². The molecular weight excluding hydrogens is 250 g/mol. The van der Waals surface area contributed by atoms with Crippen LogP contribution in [0.1, 0.15) is 16.2 Å². The van der Waals surface area contributed by atoms with Gasteiger partial charge in [-0.05, 0) is 18.0 Å². The maximum absolute atomic E-state index is 11.9. The number of halogens is 1. The number of carbonyl (C=O) groups excluding carboxylic acids is 1. The van der Waals surface area contributed by atoms with Crippen LogP contribution in [0.4, 0.5) is 0 Å². The minimum absolute atomic E-state index is 0.0806. The van der Waals surface area contributed by atoms with E-state index in [0.29, 0.717) is 22.0 Å². The van der Waals surface area contributed by atoms with Gasteiger partial charge >= 0.3 is 0 Å². The standard InChI is InChI=1S/C9H12ClN3O2S/c1-15-5-6-2-3-13(4-6)8(14)7-11-12-9(10)16-7/h6H,2-5H2,1H3. The van der Waals surface area contributed by atoms with Crippen LogP contribution in [0.3, 0.4) is 0 Å². The molecule has 1 aromatic heterocycles. The highest BCUT2D eigenvalue weighted by Crippen LogP contribution is 2.21. The van der Waals surface area contributed by atoms with E-state index in [2.05, 4.69) is 10.2 Å². The van der Waals surface area contributed by atoms with E-state index in [4.69, 9.17) is 16.3 Å². The Balaban J connectivity index is 1.97.